The van der Waals surface area contributed by atoms with Crippen molar-refractivity contribution >= 4 is 0 Å². The van der Waals surface area contributed by atoms with Crippen molar-refractivity contribution in [3.63, 3.8) is 0 Å². The van der Waals surface area contributed by atoms with Crippen LogP contribution in [0.15, 0.2) is 18.2 Å². The molecule has 3 heteroatoms. The lowest BCUT2D eigenvalue weighted by atomic mass is 9.93. The van der Waals surface area contributed by atoms with Crippen molar-refractivity contribution in [1.82, 2.24) is 0 Å². The molecule has 1 nitrogen and oxygen atoms in total. The van der Waals surface area contributed by atoms with E-state index in [0.717, 1.165) is 0 Å². The second kappa shape index (κ2) is 4.05. The van der Waals surface area contributed by atoms with Gasteiger partial charge in [-0.3, -0.25) is 0 Å². The topological polar surface area (TPSA) is 20.2 Å². The molecule has 0 aliphatic carbocycles. The van der Waals surface area contributed by atoms with E-state index in [4.69, 9.17) is 0 Å². The van der Waals surface area contributed by atoms with Crippen molar-refractivity contribution in [2.24, 2.45) is 0 Å². The molecule has 78 valence electrons. The predicted octanol–water partition coefficient (Wildman–Crippen LogP) is 2.67. The van der Waals surface area contributed by atoms with Gasteiger partial charge in [0.1, 0.15) is 11.6 Å². The molecule has 0 bridgehead atoms. The Morgan fingerprint density at radius 2 is 1.79 bits per heavy atom. The van der Waals surface area contributed by atoms with Crippen LogP contribution in [0.4, 0.5) is 8.78 Å². The zero-order valence-electron chi connectivity index (χ0n) is 8.35. The van der Waals surface area contributed by atoms with E-state index in [9.17, 15) is 13.9 Å². The van der Waals surface area contributed by atoms with Crippen molar-refractivity contribution in [1.29, 1.82) is 0 Å². The van der Waals surface area contributed by atoms with Crippen molar-refractivity contribution in [3.05, 3.63) is 35.4 Å². The smallest absolute Gasteiger partial charge is 0.129 e. The molecule has 0 saturated carbocycles. The van der Waals surface area contributed by atoms with Gasteiger partial charge in [-0.25, -0.2) is 8.78 Å². The third kappa shape index (κ3) is 2.51. The Balaban J connectivity index is 2.97. The van der Waals surface area contributed by atoms with Gasteiger partial charge in [-0.05, 0) is 25.5 Å². The quantitative estimate of drug-likeness (QED) is 0.795. The van der Waals surface area contributed by atoms with E-state index in [1.807, 2.05) is 0 Å². The van der Waals surface area contributed by atoms with Gasteiger partial charge in [0.2, 0.25) is 0 Å². The van der Waals surface area contributed by atoms with E-state index in [2.05, 4.69) is 0 Å². The van der Waals surface area contributed by atoms with Gasteiger partial charge in [0.05, 0.1) is 5.60 Å². The zero-order valence-corrected chi connectivity index (χ0v) is 8.35. The maximum Gasteiger partial charge on any atom is 0.129 e. The molecule has 0 amide bonds. The van der Waals surface area contributed by atoms with E-state index in [-0.39, 0.29) is 12.0 Å². The third-order valence-corrected chi connectivity index (χ3v) is 2.38. The number of rotatable bonds is 3. The number of benzene rings is 1. The fourth-order valence-corrected chi connectivity index (χ4v) is 1.21. The maximum atomic E-state index is 13.2. The molecule has 0 radical (unpaired) electrons. The van der Waals surface area contributed by atoms with Crippen LogP contribution in [0.5, 0.6) is 0 Å². The lowest BCUT2D eigenvalue weighted by molar-refractivity contribution is 0.0546. The van der Waals surface area contributed by atoms with Gasteiger partial charge >= 0.3 is 0 Å². The van der Waals surface area contributed by atoms with Crippen LogP contribution >= 0.6 is 0 Å². The Hall–Kier alpha value is -0.960. The minimum Gasteiger partial charge on any atom is -0.390 e. The molecule has 0 aromatic heterocycles. The molecule has 1 aromatic carbocycles. The number of hydrogen-bond acceptors (Lipinski definition) is 1. The molecule has 1 aromatic rings. The zero-order chi connectivity index (χ0) is 10.8. The van der Waals surface area contributed by atoms with Crippen molar-refractivity contribution < 1.29 is 13.9 Å². The number of hydrogen-bond donors (Lipinski definition) is 1. The van der Waals surface area contributed by atoms with Crippen LogP contribution in [0, 0.1) is 11.6 Å². The summed E-state index contributed by atoms with van der Waals surface area (Å²) in [6.45, 7) is 3.34. The molecule has 0 aliphatic rings. The average molecular weight is 200 g/mol. The summed E-state index contributed by atoms with van der Waals surface area (Å²) in [5, 5.41) is 9.69. The molecule has 1 rings (SSSR count). The highest BCUT2D eigenvalue weighted by Crippen LogP contribution is 2.21. The van der Waals surface area contributed by atoms with Crippen molar-refractivity contribution in [2.75, 3.05) is 0 Å². The number of halogens is 2. The molecule has 0 saturated heterocycles. The summed E-state index contributed by atoms with van der Waals surface area (Å²) in [6.07, 6.45) is 0.461. The molecular formula is C11H14F2O. The van der Waals surface area contributed by atoms with Gasteiger partial charge < -0.3 is 5.11 Å². The molecule has 0 fully saturated rings. The first-order valence-electron chi connectivity index (χ1n) is 4.61. The van der Waals surface area contributed by atoms with Crippen LogP contribution < -0.4 is 0 Å². The second-order valence-corrected chi connectivity index (χ2v) is 3.73. The van der Waals surface area contributed by atoms with Crippen LogP contribution in [0.25, 0.3) is 0 Å². The highest BCUT2D eigenvalue weighted by molar-refractivity contribution is 5.21. The Bertz CT molecular complexity index is 301. The van der Waals surface area contributed by atoms with Crippen LogP contribution in [0.3, 0.4) is 0 Å². The fourth-order valence-electron chi connectivity index (χ4n) is 1.21. The van der Waals surface area contributed by atoms with Gasteiger partial charge in [-0.1, -0.05) is 13.0 Å². The Labute approximate surface area is 82.4 Å². The van der Waals surface area contributed by atoms with Gasteiger partial charge in [-0.2, -0.15) is 0 Å². The molecule has 0 spiro atoms. The molecule has 1 N–H and O–H groups in total. The Morgan fingerprint density at radius 3 is 2.21 bits per heavy atom. The first-order chi connectivity index (χ1) is 6.46. The molecule has 14 heavy (non-hydrogen) atoms. The van der Waals surface area contributed by atoms with Crippen LogP contribution in [-0.4, -0.2) is 10.7 Å². The summed E-state index contributed by atoms with van der Waals surface area (Å²) in [6, 6.07) is 3.71. The minimum absolute atomic E-state index is 0.00199. The van der Waals surface area contributed by atoms with E-state index in [1.54, 1.807) is 13.8 Å². The summed E-state index contributed by atoms with van der Waals surface area (Å²) in [7, 11) is 0. The summed E-state index contributed by atoms with van der Waals surface area (Å²) in [5.74, 6) is -1.20. The predicted molar refractivity (Wildman–Crippen MR) is 51.0 cm³/mol. The minimum atomic E-state index is -1.05. The van der Waals surface area contributed by atoms with E-state index in [0.29, 0.717) is 6.42 Å². The first-order valence-corrected chi connectivity index (χ1v) is 4.61. The average Bonchev–Trinajstić information content (AvgIpc) is 2.12. The molecule has 1 unspecified atom stereocenters. The van der Waals surface area contributed by atoms with Crippen LogP contribution in [0.1, 0.15) is 25.8 Å². The Morgan fingerprint density at radius 1 is 1.29 bits per heavy atom. The van der Waals surface area contributed by atoms with E-state index < -0.39 is 17.2 Å². The lowest BCUT2D eigenvalue weighted by Crippen LogP contribution is -2.27. The van der Waals surface area contributed by atoms with E-state index in [1.165, 1.54) is 18.2 Å². The first kappa shape index (κ1) is 11.1. The van der Waals surface area contributed by atoms with Gasteiger partial charge in [0.15, 0.2) is 0 Å². The maximum absolute atomic E-state index is 13.2. The summed E-state index contributed by atoms with van der Waals surface area (Å²) in [4.78, 5) is 0. The normalized spacial score (nSPS) is 15.2. The van der Waals surface area contributed by atoms with Crippen LogP contribution in [-0.2, 0) is 6.42 Å². The highest BCUT2D eigenvalue weighted by Gasteiger charge is 2.22. The monoisotopic (exact) mass is 200 g/mol. The lowest BCUT2D eigenvalue weighted by Gasteiger charge is -2.21. The van der Waals surface area contributed by atoms with Gasteiger partial charge in [0.25, 0.3) is 0 Å². The third-order valence-electron chi connectivity index (χ3n) is 2.38. The largest absolute Gasteiger partial charge is 0.390 e. The standard InChI is InChI=1S/C11H14F2O/c1-3-11(2,14)7-8-9(12)5-4-6-10(8)13/h4-6,14H,3,7H2,1-2H3. The van der Waals surface area contributed by atoms with Crippen LogP contribution in [0.2, 0.25) is 0 Å². The second-order valence-electron chi connectivity index (χ2n) is 3.73. The molecule has 1 atom stereocenters. The number of aliphatic hydroxyl groups is 1. The van der Waals surface area contributed by atoms with Crippen molar-refractivity contribution in [2.45, 2.75) is 32.3 Å². The molecule has 0 heterocycles. The fraction of sp³-hybridized carbons (Fsp3) is 0.455. The summed E-state index contributed by atoms with van der Waals surface area (Å²) < 4.78 is 26.3. The summed E-state index contributed by atoms with van der Waals surface area (Å²) in [5.41, 5.74) is -1.09. The Kier molecular flexibility index (Phi) is 3.21. The SMILES string of the molecule is CCC(C)(O)Cc1c(F)cccc1F. The highest BCUT2D eigenvalue weighted by atomic mass is 19.1. The summed E-state index contributed by atoms with van der Waals surface area (Å²) >= 11 is 0. The van der Waals surface area contributed by atoms with E-state index >= 15 is 0 Å². The van der Waals surface area contributed by atoms with Gasteiger partial charge in [0, 0.05) is 12.0 Å². The van der Waals surface area contributed by atoms with Crippen molar-refractivity contribution in [3.8, 4) is 0 Å². The molecule has 0 aliphatic heterocycles. The molecular weight excluding hydrogens is 186 g/mol. The van der Waals surface area contributed by atoms with Gasteiger partial charge in [-0.15, -0.1) is 0 Å².